The lowest BCUT2D eigenvalue weighted by atomic mass is 10.1. The van der Waals surface area contributed by atoms with Crippen molar-refractivity contribution in [2.75, 3.05) is 0 Å². The van der Waals surface area contributed by atoms with Crippen LogP contribution in [-0.2, 0) is 4.74 Å². The summed E-state index contributed by atoms with van der Waals surface area (Å²) in [6, 6.07) is 7.17. The fraction of sp³-hybridized carbons (Fsp3) is 0.360. The third kappa shape index (κ3) is 5.76. The molecule has 1 N–H and O–H groups in total. The number of nitrogens with zero attached hydrogens (tertiary/aromatic N) is 3. The SMILES string of the molecule is CC.CCC(C1=NNC(c2nc(C3=CCC=CC=C3Cl)n(-c3ccc(Cl)cc3)c2C)O1)C(F)(F)F. The summed E-state index contributed by atoms with van der Waals surface area (Å²) >= 11 is 12.6. The van der Waals surface area contributed by atoms with Gasteiger partial charge in [-0.2, -0.15) is 13.2 Å². The van der Waals surface area contributed by atoms with Gasteiger partial charge in [-0.25, -0.2) is 4.98 Å². The van der Waals surface area contributed by atoms with Crippen LogP contribution in [0, 0.1) is 12.8 Å². The molecule has 1 aromatic carbocycles. The first-order chi connectivity index (χ1) is 16.7. The predicted molar refractivity (Wildman–Crippen MR) is 135 cm³/mol. The number of imidazole rings is 1. The van der Waals surface area contributed by atoms with Crippen molar-refractivity contribution >= 4 is 34.7 Å². The van der Waals surface area contributed by atoms with Crippen LogP contribution in [0.25, 0.3) is 11.3 Å². The molecule has 188 valence electrons. The summed E-state index contributed by atoms with van der Waals surface area (Å²) in [6.45, 7) is 7.26. The highest BCUT2D eigenvalue weighted by molar-refractivity contribution is 6.37. The third-order valence-electron chi connectivity index (χ3n) is 5.44. The molecule has 35 heavy (non-hydrogen) atoms. The number of hydrogen-bond donors (Lipinski definition) is 1. The van der Waals surface area contributed by atoms with Crippen LogP contribution in [0.5, 0.6) is 0 Å². The van der Waals surface area contributed by atoms with Crippen LogP contribution in [0.1, 0.15) is 57.1 Å². The molecule has 2 aromatic rings. The van der Waals surface area contributed by atoms with E-state index in [0.29, 0.717) is 39.3 Å². The second-order valence-corrected chi connectivity index (χ2v) is 8.44. The minimum Gasteiger partial charge on any atom is -0.448 e. The zero-order chi connectivity index (χ0) is 25.8. The summed E-state index contributed by atoms with van der Waals surface area (Å²) in [6.07, 6.45) is 2.60. The van der Waals surface area contributed by atoms with Gasteiger partial charge in [-0.1, -0.05) is 62.2 Å². The molecule has 0 fully saturated rings. The molecule has 2 atom stereocenters. The average Bonchev–Trinajstić information content (AvgIpc) is 3.35. The highest BCUT2D eigenvalue weighted by Crippen LogP contribution is 2.37. The quantitative estimate of drug-likeness (QED) is 0.431. The van der Waals surface area contributed by atoms with Gasteiger partial charge in [-0.15, -0.1) is 5.10 Å². The summed E-state index contributed by atoms with van der Waals surface area (Å²) in [5.74, 6) is -1.65. The number of aromatic nitrogens is 2. The monoisotopic (exact) mass is 526 g/mol. The smallest absolute Gasteiger partial charge is 0.400 e. The number of ether oxygens (including phenoxy) is 1. The van der Waals surface area contributed by atoms with Crippen molar-refractivity contribution < 1.29 is 17.9 Å². The molecule has 2 aliphatic rings. The number of halogens is 5. The number of hydrogen-bond acceptors (Lipinski definition) is 4. The molecule has 0 amide bonds. The van der Waals surface area contributed by atoms with Crippen LogP contribution < -0.4 is 5.43 Å². The number of nitrogens with one attached hydrogen (secondary N) is 1. The first-order valence-corrected chi connectivity index (χ1v) is 12.1. The lowest BCUT2D eigenvalue weighted by molar-refractivity contribution is -0.160. The van der Waals surface area contributed by atoms with Crippen molar-refractivity contribution in [1.29, 1.82) is 0 Å². The summed E-state index contributed by atoms with van der Waals surface area (Å²) < 4.78 is 47.6. The number of alkyl halides is 3. The van der Waals surface area contributed by atoms with Gasteiger partial charge in [0.1, 0.15) is 17.4 Å². The van der Waals surface area contributed by atoms with Gasteiger partial charge in [0.05, 0.1) is 5.03 Å². The fourth-order valence-electron chi connectivity index (χ4n) is 3.77. The number of benzene rings is 1. The molecule has 2 heterocycles. The number of rotatable bonds is 5. The van der Waals surface area contributed by atoms with Crippen LogP contribution in [-0.4, -0.2) is 21.6 Å². The van der Waals surface area contributed by atoms with E-state index in [-0.39, 0.29) is 6.42 Å². The topological polar surface area (TPSA) is 51.4 Å². The van der Waals surface area contributed by atoms with Gasteiger partial charge in [0.2, 0.25) is 12.1 Å². The Labute approximate surface area is 213 Å². The van der Waals surface area contributed by atoms with Crippen LogP contribution >= 0.6 is 23.2 Å². The third-order valence-corrected chi connectivity index (χ3v) is 6.03. The Bertz CT molecular complexity index is 1160. The molecule has 0 saturated heterocycles. The Morgan fingerprint density at radius 2 is 1.89 bits per heavy atom. The van der Waals surface area contributed by atoms with E-state index in [1.54, 1.807) is 18.2 Å². The largest absolute Gasteiger partial charge is 0.448 e. The molecule has 0 bridgehead atoms. The summed E-state index contributed by atoms with van der Waals surface area (Å²) in [5, 5.41) is 4.90. The van der Waals surface area contributed by atoms with Gasteiger partial charge in [0, 0.05) is 22.0 Å². The molecule has 10 heteroatoms. The highest BCUT2D eigenvalue weighted by Gasteiger charge is 2.46. The van der Waals surface area contributed by atoms with E-state index in [0.717, 1.165) is 5.69 Å². The van der Waals surface area contributed by atoms with Crippen molar-refractivity contribution in [2.24, 2.45) is 11.0 Å². The van der Waals surface area contributed by atoms with Crippen molar-refractivity contribution in [3.8, 4) is 5.69 Å². The van der Waals surface area contributed by atoms with Gasteiger partial charge < -0.3 is 4.74 Å². The predicted octanol–water partition coefficient (Wildman–Crippen LogP) is 7.85. The first-order valence-electron chi connectivity index (χ1n) is 11.4. The second kappa shape index (κ2) is 11.4. The number of allylic oxidation sites excluding steroid dienone is 6. The van der Waals surface area contributed by atoms with E-state index in [1.807, 2.05) is 55.7 Å². The van der Waals surface area contributed by atoms with E-state index < -0.39 is 24.2 Å². The highest BCUT2D eigenvalue weighted by atomic mass is 35.5. The first kappa shape index (κ1) is 26.9. The standard InChI is InChI=1S/C23H21Cl2F3N4O.C2H6/c1-3-17(23(26,27)28)21-30-31-22(33-21)19-13(2)32(15-11-9-14(24)10-12-15)20(29-19)16-7-5-4-6-8-18(16)25;1-2/h4,6-12,17,22,31H,3,5H2,1-2H3;1-2H3. The summed E-state index contributed by atoms with van der Waals surface area (Å²) in [7, 11) is 0. The minimum atomic E-state index is -4.45. The maximum absolute atomic E-state index is 13.4. The number of hydrazone groups is 1. The molecule has 4 rings (SSSR count). The van der Waals surface area contributed by atoms with E-state index >= 15 is 0 Å². The van der Waals surface area contributed by atoms with Gasteiger partial charge in [0.15, 0.2) is 0 Å². The molecule has 5 nitrogen and oxygen atoms in total. The lowest BCUT2D eigenvalue weighted by Crippen LogP contribution is -2.30. The Morgan fingerprint density at radius 3 is 2.51 bits per heavy atom. The van der Waals surface area contributed by atoms with Gasteiger partial charge >= 0.3 is 6.18 Å². The molecule has 1 aromatic heterocycles. The fourth-order valence-corrected chi connectivity index (χ4v) is 4.14. The molecule has 0 saturated carbocycles. The second-order valence-electron chi connectivity index (χ2n) is 7.59. The van der Waals surface area contributed by atoms with Gasteiger partial charge in [0.25, 0.3) is 0 Å². The minimum absolute atomic E-state index is 0.180. The van der Waals surface area contributed by atoms with Crippen molar-refractivity contribution in [3.05, 3.63) is 75.8 Å². The Morgan fingerprint density at radius 1 is 1.20 bits per heavy atom. The molecule has 0 radical (unpaired) electrons. The van der Waals surface area contributed by atoms with Crippen molar-refractivity contribution in [3.63, 3.8) is 0 Å². The summed E-state index contributed by atoms with van der Waals surface area (Å²) in [5.41, 5.74) is 5.23. The molecule has 1 aliphatic carbocycles. The normalized spacial score (nSPS) is 18.3. The molecule has 0 spiro atoms. The van der Waals surface area contributed by atoms with Crippen molar-refractivity contribution in [1.82, 2.24) is 15.0 Å². The maximum atomic E-state index is 13.4. The van der Waals surface area contributed by atoms with Crippen LogP contribution in [0.3, 0.4) is 0 Å². The van der Waals surface area contributed by atoms with Crippen LogP contribution in [0.15, 0.2) is 58.7 Å². The van der Waals surface area contributed by atoms with E-state index in [1.165, 1.54) is 6.92 Å². The zero-order valence-corrected chi connectivity index (χ0v) is 21.3. The summed E-state index contributed by atoms with van der Waals surface area (Å²) in [4.78, 5) is 4.75. The van der Waals surface area contributed by atoms with E-state index in [2.05, 4.69) is 10.5 Å². The zero-order valence-electron chi connectivity index (χ0n) is 19.8. The van der Waals surface area contributed by atoms with Gasteiger partial charge in [-0.3, -0.25) is 9.99 Å². The van der Waals surface area contributed by atoms with Crippen molar-refractivity contribution in [2.45, 2.75) is 52.9 Å². The lowest BCUT2D eigenvalue weighted by Gasteiger charge is -2.18. The molecule has 1 aliphatic heterocycles. The average molecular weight is 527 g/mol. The molecular formula is C25H27Cl2F3N4O. The molecule has 2 unspecified atom stereocenters. The van der Waals surface area contributed by atoms with E-state index in [9.17, 15) is 13.2 Å². The van der Waals surface area contributed by atoms with Crippen LogP contribution in [0.2, 0.25) is 5.02 Å². The van der Waals surface area contributed by atoms with Crippen LogP contribution in [0.4, 0.5) is 13.2 Å². The maximum Gasteiger partial charge on any atom is 0.400 e. The Kier molecular flexibility index (Phi) is 8.72. The van der Waals surface area contributed by atoms with Gasteiger partial charge in [-0.05, 0) is 50.1 Å². The Balaban J connectivity index is 0.00000167. The molecular weight excluding hydrogens is 500 g/mol. The Hall–Kier alpha value is -2.71. The van der Waals surface area contributed by atoms with E-state index in [4.69, 9.17) is 32.9 Å².